The average molecular weight is 382 g/mol. The maximum absolute atomic E-state index is 12.0. The molecular weight excluding hydrogens is 362 g/mol. The van der Waals surface area contributed by atoms with E-state index in [1.807, 2.05) is 0 Å². The van der Waals surface area contributed by atoms with Crippen molar-refractivity contribution < 1.29 is 23.9 Å². The minimum absolute atomic E-state index is 0.109. The molecule has 1 heterocycles. The molecule has 1 saturated heterocycles. The molecule has 0 spiro atoms. The molecule has 0 atom stereocenters. The summed E-state index contributed by atoms with van der Waals surface area (Å²) in [4.78, 5) is 48.3. The van der Waals surface area contributed by atoms with Crippen LogP contribution in [0.2, 0.25) is 5.02 Å². The number of hydrogen-bond acceptors (Lipinski definition) is 5. The van der Waals surface area contributed by atoms with Crippen LogP contribution in [0, 0.1) is 6.92 Å². The van der Waals surface area contributed by atoms with Crippen molar-refractivity contribution >= 4 is 41.1 Å². The number of amides is 4. The molecule has 4 amide bonds. The fraction of sp³-hybridized carbons (Fsp3) is 0.412. The molecule has 0 aliphatic carbocycles. The topological polar surface area (TPSA) is 105 Å². The van der Waals surface area contributed by atoms with Gasteiger partial charge in [0.1, 0.15) is 5.54 Å². The fourth-order valence-corrected chi connectivity index (χ4v) is 2.55. The molecule has 0 aromatic heterocycles. The third-order valence-corrected chi connectivity index (χ3v) is 4.30. The summed E-state index contributed by atoms with van der Waals surface area (Å²) in [5, 5.41) is 5.62. The first-order chi connectivity index (χ1) is 12.1. The van der Waals surface area contributed by atoms with Crippen LogP contribution in [0.25, 0.3) is 0 Å². The van der Waals surface area contributed by atoms with Crippen molar-refractivity contribution in [1.29, 1.82) is 0 Å². The van der Waals surface area contributed by atoms with Gasteiger partial charge in [0, 0.05) is 17.3 Å². The Morgan fingerprint density at radius 1 is 1.31 bits per heavy atom. The predicted octanol–water partition coefficient (Wildman–Crippen LogP) is 1.85. The number of nitrogens with one attached hydrogen (secondary N) is 2. The molecule has 1 aromatic carbocycles. The summed E-state index contributed by atoms with van der Waals surface area (Å²) < 4.78 is 4.87. The highest BCUT2D eigenvalue weighted by Crippen LogP contribution is 2.22. The zero-order valence-electron chi connectivity index (χ0n) is 14.7. The smallest absolute Gasteiger partial charge is 0.325 e. The molecule has 1 aromatic rings. The van der Waals surface area contributed by atoms with E-state index in [1.165, 1.54) is 0 Å². The van der Waals surface area contributed by atoms with Crippen LogP contribution < -0.4 is 10.6 Å². The Labute approximate surface area is 155 Å². The minimum Gasteiger partial charge on any atom is -0.456 e. The van der Waals surface area contributed by atoms with Gasteiger partial charge in [-0.2, -0.15) is 0 Å². The number of rotatable bonds is 6. The molecule has 0 bridgehead atoms. The van der Waals surface area contributed by atoms with E-state index in [0.29, 0.717) is 16.3 Å². The van der Waals surface area contributed by atoms with Crippen LogP contribution >= 0.6 is 11.6 Å². The van der Waals surface area contributed by atoms with Gasteiger partial charge in [-0.3, -0.25) is 19.3 Å². The van der Waals surface area contributed by atoms with Gasteiger partial charge in [-0.25, -0.2) is 4.79 Å². The monoisotopic (exact) mass is 381 g/mol. The van der Waals surface area contributed by atoms with Crippen LogP contribution in [0.5, 0.6) is 0 Å². The van der Waals surface area contributed by atoms with Gasteiger partial charge >= 0.3 is 12.0 Å². The molecule has 26 heavy (non-hydrogen) atoms. The summed E-state index contributed by atoms with van der Waals surface area (Å²) in [6.45, 7) is 4.32. The van der Waals surface area contributed by atoms with Gasteiger partial charge < -0.3 is 15.4 Å². The Bertz CT molecular complexity index is 763. The predicted molar refractivity (Wildman–Crippen MR) is 94.7 cm³/mol. The zero-order chi connectivity index (χ0) is 19.5. The summed E-state index contributed by atoms with van der Waals surface area (Å²) >= 11 is 5.97. The number of imide groups is 1. The van der Waals surface area contributed by atoms with Crippen LogP contribution in [0.15, 0.2) is 18.2 Å². The standard InChI is InChI=1S/C17H20ClN3O5/c1-10-11(18)5-4-6-12(10)19-13(22)9-26-14(23)7-8-21-15(24)17(2,3)20-16(21)25/h4-6H,7-9H2,1-3H3,(H,19,22)(H,20,25). The van der Waals surface area contributed by atoms with E-state index >= 15 is 0 Å². The Morgan fingerprint density at radius 3 is 2.62 bits per heavy atom. The highest BCUT2D eigenvalue weighted by molar-refractivity contribution is 6.31. The first kappa shape index (κ1) is 19.7. The number of hydrogen-bond donors (Lipinski definition) is 2. The Kier molecular flexibility index (Phi) is 5.86. The van der Waals surface area contributed by atoms with Gasteiger partial charge in [-0.15, -0.1) is 0 Å². The normalized spacial score (nSPS) is 15.6. The molecule has 0 radical (unpaired) electrons. The number of carbonyl (C=O) groups is 4. The maximum Gasteiger partial charge on any atom is 0.325 e. The average Bonchev–Trinajstić information content (AvgIpc) is 2.76. The van der Waals surface area contributed by atoms with Crippen molar-refractivity contribution in [3.8, 4) is 0 Å². The van der Waals surface area contributed by atoms with E-state index in [1.54, 1.807) is 39.0 Å². The lowest BCUT2D eigenvalue weighted by molar-refractivity contribution is -0.147. The van der Waals surface area contributed by atoms with Crippen molar-refractivity contribution in [2.75, 3.05) is 18.5 Å². The number of benzene rings is 1. The highest BCUT2D eigenvalue weighted by Gasteiger charge is 2.44. The second-order valence-corrected chi connectivity index (χ2v) is 6.79. The Balaban J connectivity index is 1.78. The number of carbonyl (C=O) groups excluding carboxylic acids is 4. The van der Waals surface area contributed by atoms with E-state index in [9.17, 15) is 19.2 Å². The second kappa shape index (κ2) is 7.74. The van der Waals surface area contributed by atoms with E-state index in [0.717, 1.165) is 4.90 Å². The molecule has 1 fully saturated rings. The SMILES string of the molecule is Cc1c(Cl)cccc1NC(=O)COC(=O)CCN1C(=O)NC(C)(C)C1=O. The van der Waals surface area contributed by atoms with Crippen molar-refractivity contribution in [3.63, 3.8) is 0 Å². The van der Waals surface area contributed by atoms with Crippen molar-refractivity contribution in [1.82, 2.24) is 10.2 Å². The van der Waals surface area contributed by atoms with Crippen molar-refractivity contribution in [3.05, 3.63) is 28.8 Å². The lowest BCUT2D eigenvalue weighted by Gasteiger charge is -2.15. The summed E-state index contributed by atoms with van der Waals surface area (Å²) in [5.74, 6) is -1.61. The van der Waals surface area contributed by atoms with Crippen LogP contribution in [0.1, 0.15) is 25.8 Å². The quantitative estimate of drug-likeness (QED) is 0.578. The summed E-state index contributed by atoms with van der Waals surface area (Å²) in [6.07, 6.45) is -0.196. The molecule has 1 aliphatic rings. The van der Waals surface area contributed by atoms with Gasteiger partial charge in [0.05, 0.1) is 6.42 Å². The number of ether oxygens (including phenoxy) is 1. The molecule has 9 heteroatoms. The van der Waals surface area contributed by atoms with Crippen molar-refractivity contribution in [2.24, 2.45) is 0 Å². The summed E-state index contributed by atoms with van der Waals surface area (Å²) in [7, 11) is 0. The fourth-order valence-electron chi connectivity index (χ4n) is 2.37. The third kappa shape index (κ3) is 4.51. The number of halogens is 1. The first-order valence-corrected chi connectivity index (χ1v) is 8.34. The van der Waals surface area contributed by atoms with E-state index in [4.69, 9.17) is 16.3 Å². The third-order valence-electron chi connectivity index (χ3n) is 3.89. The zero-order valence-corrected chi connectivity index (χ0v) is 15.5. The van der Waals surface area contributed by atoms with Crippen LogP contribution in [0.4, 0.5) is 10.5 Å². The Hall–Kier alpha value is -2.61. The summed E-state index contributed by atoms with van der Waals surface area (Å²) in [6, 6.07) is 4.52. The Morgan fingerprint density at radius 2 is 2.00 bits per heavy atom. The van der Waals surface area contributed by atoms with Gasteiger partial charge in [0.25, 0.3) is 11.8 Å². The summed E-state index contributed by atoms with van der Waals surface area (Å²) in [5.41, 5.74) is 0.241. The van der Waals surface area contributed by atoms with E-state index < -0.39 is 36.0 Å². The van der Waals surface area contributed by atoms with Crippen LogP contribution in [-0.4, -0.2) is 47.4 Å². The second-order valence-electron chi connectivity index (χ2n) is 6.38. The maximum atomic E-state index is 12.0. The number of urea groups is 1. The molecule has 140 valence electrons. The van der Waals surface area contributed by atoms with E-state index in [2.05, 4.69) is 10.6 Å². The first-order valence-electron chi connectivity index (χ1n) is 7.96. The minimum atomic E-state index is -0.990. The largest absolute Gasteiger partial charge is 0.456 e. The lowest BCUT2D eigenvalue weighted by atomic mass is 10.1. The van der Waals surface area contributed by atoms with Crippen LogP contribution in [0.3, 0.4) is 0 Å². The molecule has 1 aliphatic heterocycles. The molecule has 2 N–H and O–H groups in total. The van der Waals surface area contributed by atoms with Gasteiger partial charge in [-0.1, -0.05) is 17.7 Å². The highest BCUT2D eigenvalue weighted by atomic mass is 35.5. The van der Waals surface area contributed by atoms with E-state index in [-0.39, 0.29) is 13.0 Å². The van der Waals surface area contributed by atoms with Gasteiger partial charge in [0.15, 0.2) is 6.61 Å². The lowest BCUT2D eigenvalue weighted by Crippen LogP contribution is -2.40. The molecular formula is C17H20ClN3O5. The molecule has 2 rings (SSSR count). The number of nitrogens with zero attached hydrogens (tertiary/aromatic N) is 1. The number of anilines is 1. The molecule has 0 unspecified atom stereocenters. The molecule has 8 nitrogen and oxygen atoms in total. The van der Waals surface area contributed by atoms with Gasteiger partial charge in [0.2, 0.25) is 0 Å². The van der Waals surface area contributed by atoms with Gasteiger partial charge in [-0.05, 0) is 38.5 Å². The van der Waals surface area contributed by atoms with Crippen LogP contribution in [-0.2, 0) is 19.1 Å². The number of esters is 1. The van der Waals surface area contributed by atoms with Crippen molar-refractivity contribution in [2.45, 2.75) is 32.7 Å². The molecule has 0 saturated carbocycles.